The minimum Gasteiger partial charge on any atom is -0.298 e. The third-order valence-electron chi connectivity index (χ3n) is 3.18. The van der Waals surface area contributed by atoms with Crippen LogP contribution in [0.2, 0.25) is 0 Å². The van der Waals surface area contributed by atoms with Crippen LogP contribution in [-0.2, 0) is 0 Å². The third-order valence-corrected chi connectivity index (χ3v) is 3.18. The molecule has 0 N–H and O–H groups in total. The van der Waals surface area contributed by atoms with Gasteiger partial charge in [0.1, 0.15) is 5.82 Å². The molecule has 3 nitrogen and oxygen atoms in total. The predicted octanol–water partition coefficient (Wildman–Crippen LogP) is 3.14. The fourth-order valence-corrected chi connectivity index (χ4v) is 2.09. The van der Waals surface area contributed by atoms with Gasteiger partial charge in [-0.3, -0.25) is 4.79 Å². The molecule has 1 aliphatic carbocycles. The number of aromatic nitrogens is 2. The van der Waals surface area contributed by atoms with Gasteiger partial charge < -0.3 is 0 Å². The highest BCUT2D eigenvalue weighted by Crippen LogP contribution is 2.38. The largest absolute Gasteiger partial charge is 0.298 e. The van der Waals surface area contributed by atoms with Gasteiger partial charge >= 0.3 is 0 Å². The van der Waals surface area contributed by atoms with Crippen molar-refractivity contribution in [3.63, 3.8) is 0 Å². The number of hydrogen-bond donors (Lipinski definition) is 0. The summed E-state index contributed by atoms with van der Waals surface area (Å²) in [4.78, 5) is 20.2. The molecule has 1 aliphatic rings. The fourth-order valence-electron chi connectivity index (χ4n) is 2.09. The molecule has 0 atom stereocenters. The fraction of sp³-hybridized carbons (Fsp3) is 0.267. The molecule has 0 radical (unpaired) electrons. The quantitative estimate of drug-likeness (QED) is 0.771. The monoisotopic (exact) mass is 238 g/mol. The standard InChI is InChI=1S/C15H14N2O/c1-10-8-14(17-15(16-10)11-6-7-11)13-5-3-2-4-12(13)9-18/h2-5,8-9,11H,6-7H2,1H3. The van der Waals surface area contributed by atoms with E-state index in [2.05, 4.69) is 9.97 Å². The van der Waals surface area contributed by atoms with E-state index in [-0.39, 0.29) is 0 Å². The van der Waals surface area contributed by atoms with Gasteiger partial charge in [0.05, 0.1) is 5.69 Å². The number of nitrogens with zero attached hydrogens (tertiary/aromatic N) is 2. The van der Waals surface area contributed by atoms with E-state index < -0.39 is 0 Å². The molecule has 0 bridgehead atoms. The van der Waals surface area contributed by atoms with Crippen LogP contribution in [0.5, 0.6) is 0 Å². The van der Waals surface area contributed by atoms with Crippen LogP contribution in [-0.4, -0.2) is 16.3 Å². The summed E-state index contributed by atoms with van der Waals surface area (Å²) in [5.74, 6) is 1.44. The van der Waals surface area contributed by atoms with Crippen molar-refractivity contribution in [2.45, 2.75) is 25.7 Å². The van der Waals surface area contributed by atoms with Gasteiger partial charge in [-0.25, -0.2) is 9.97 Å². The summed E-state index contributed by atoms with van der Waals surface area (Å²) in [6.07, 6.45) is 3.24. The summed E-state index contributed by atoms with van der Waals surface area (Å²) in [5, 5.41) is 0. The second-order valence-corrected chi connectivity index (χ2v) is 4.73. The van der Waals surface area contributed by atoms with Crippen molar-refractivity contribution in [3.8, 4) is 11.3 Å². The number of carbonyl (C=O) groups is 1. The Kier molecular flexibility index (Phi) is 2.67. The predicted molar refractivity (Wildman–Crippen MR) is 69.6 cm³/mol. The van der Waals surface area contributed by atoms with Gasteiger partial charge in [0, 0.05) is 22.7 Å². The van der Waals surface area contributed by atoms with Crippen molar-refractivity contribution in [1.29, 1.82) is 0 Å². The van der Waals surface area contributed by atoms with Crippen LogP contribution >= 0.6 is 0 Å². The molecule has 18 heavy (non-hydrogen) atoms. The van der Waals surface area contributed by atoms with Crippen LogP contribution in [0.4, 0.5) is 0 Å². The number of aldehydes is 1. The molecule has 0 unspecified atom stereocenters. The Labute approximate surface area is 106 Å². The Hall–Kier alpha value is -2.03. The van der Waals surface area contributed by atoms with E-state index in [0.717, 1.165) is 29.1 Å². The molecule has 3 rings (SSSR count). The number of rotatable bonds is 3. The molecular formula is C15H14N2O. The van der Waals surface area contributed by atoms with Gasteiger partial charge in [-0.05, 0) is 25.8 Å². The molecular weight excluding hydrogens is 224 g/mol. The Morgan fingerprint density at radius 2 is 2.00 bits per heavy atom. The Morgan fingerprint density at radius 3 is 2.72 bits per heavy atom. The van der Waals surface area contributed by atoms with Crippen LogP contribution in [0, 0.1) is 6.92 Å². The zero-order chi connectivity index (χ0) is 12.5. The van der Waals surface area contributed by atoms with Crippen LogP contribution in [0.15, 0.2) is 30.3 Å². The lowest BCUT2D eigenvalue weighted by atomic mass is 10.0. The smallest absolute Gasteiger partial charge is 0.150 e. The first-order valence-electron chi connectivity index (χ1n) is 6.18. The van der Waals surface area contributed by atoms with Crippen molar-refractivity contribution in [3.05, 3.63) is 47.4 Å². The molecule has 0 aliphatic heterocycles. The Morgan fingerprint density at radius 1 is 1.22 bits per heavy atom. The summed E-state index contributed by atoms with van der Waals surface area (Å²) in [5.41, 5.74) is 3.38. The molecule has 2 aromatic rings. The van der Waals surface area contributed by atoms with E-state index in [1.807, 2.05) is 37.3 Å². The normalized spacial score (nSPS) is 14.5. The summed E-state index contributed by atoms with van der Waals surface area (Å²) in [6.45, 7) is 1.97. The number of benzene rings is 1. The SMILES string of the molecule is Cc1cc(-c2ccccc2C=O)nc(C2CC2)n1. The molecule has 1 saturated carbocycles. The Balaban J connectivity index is 2.12. The van der Waals surface area contributed by atoms with E-state index in [4.69, 9.17) is 0 Å². The first-order chi connectivity index (χ1) is 8.78. The molecule has 1 heterocycles. The van der Waals surface area contributed by atoms with E-state index in [1.165, 1.54) is 12.8 Å². The summed E-state index contributed by atoms with van der Waals surface area (Å²) in [7, 11) is 0. The third kappa shape index (κ3) is 2.04. The molecule has 0 saturated heterocycles. The lowest BCUT2D eigenvalue weighted by Gasteiger charge is -2.07. The van der Waals surface area contributed by atoms with Crippen LogP contribution in [0.1, 0.15) is 40.6 Å². The van der Waals surface area contributed by atoms with Crippen molar-refractivity contribution in [2.24, 2.45) is 0 Å². The van der Waals surface area contributed by atoms with E-state index in [9.17, 15) is 4.79 Å². The highest BCUT2D eigenvalue weighted by atomic mass is 16.1. The van der Waals surface area contributed by atoms with Gasteiger partial charge in [0.25, 0.3) is 0 Å². The molecule has 1 fully saturated rings. The summed E-state index contributed by atoms with van der Waals surface area (Å²) < 4.78 is 0. The maximum absolute atomic E-state index is 11.1. The minimum absolute atomic E-state index is 0.520. The van der Waals surface area contributed by atoms with Gasteiger partial charge in [0.15, 0.2) is 6.29 Å². The van der Waals surface area contributed by atoms with Crippen LogP contribution in [0.3, 0.4) is 0 Å². The van der Waals surface area contributed by atoms with Gasteiger partial charge in [-0.15, -0.1) is 0 Å². The average molecular weight is 238 g/mol. The maximum atomic E-state index is 11.1. The lowest BCUT2D eigenvalue weighted by molar-refractivity contribution is 0.112. The molecule has 3 heteroatoms. The van der Waals surface area contributed by atoms with Crippen molar-refractivity contribution >= 4 is 6.29 Å². The number of carbonyl (C=O) groups excluding carboxylic acids is 1. The van der Waals surface area contributed by atoms with E-state index in [0.29, 0.717) is 11.5 Å². The zero-order valence-electron chi connectivity index (χ0n) is 10.3. The second kappa shape index (κ2) is 4.33. The first-order valence-corrected chi connectivity index (χ1v) is 6.18. The molecule has 0 spiro atoms. The molecule has 90 valence electrons. The Bertz CT molecular complexity index is 603. The zero-order valence-corrected chi connectivity index (χ0v) is 10.3. The minimum atomic E-state index is 0.520. The highest BCUT2D eigenvalue weighted by molar-refractivity contribution is 5.86. The number of hydrogen-bond acceptors (Lipinski definition) is 3. The van der Waals surface area contributed by atoms with Crippen molar-refractivity contribution in [1.82, 2.24) is 9.97 Å². The second-order valence-electron chi connectivity index (χ2n) is 4.73. The summed E-state index contributed by atoms with van der Waals surface area (Å²) >= 11 is 0. The van der Waals surface area contributed by atoms with Crippen molar-refractivity contribution in [2.75, 3.05) is 0 Å². The van der Waals surface area contributed by atoms with E-state index >= 15 is 0 Å². The van der Waals surface area contributed by atoms with Crippen LogP contribution in [0.25, 0.3) is 11.3 Å². The van der Waals surface area contributed by atoms with Gasteiger partial charge in [-0.1, -0.05) is 24.3 Å². The van der Waals surface area contributed by atoms with Crippen molar-refractivity contribution < 1.29 is 4.79 Å². The van der Waals surface area contributed by atoms with E-state index in [1.54, 1.807) is 0 Å². The summed E-state index contributed by atoms with van der Waals surface area (Å²) in [6, 6.07) is 9.48. The lowest BCUT2D eigenvalue weighted by Crippen LogP contribution is -1.99. The molecule has 1 aromatic heterocycles. The topological polar surface area (TPSA) is 42.9 Å². The molecule has 1 aromatic carbocycles. The maximum Gasteiger partial charge on any atom is 0.150 e. The van der Waals surface area contributed by atoms with Gasteiger partial charge in [0.2, 0.25) is 0 Å². The highest BCUT2D eigenvalue weighted by Gasteiger charge is 2.27. The van der Waals surface area contributed by atoms with Crippen LogP contribution < -0.4 is 0 Å². The average Bonchev–Trinajstić information content (AvgIpc) is 3.22. The molecule has 0 amide bonds. The first kappa shape index (κ1) is 11.1. The number of aryl methyl sites for hydroxylation is 1. The van der Waals surface area contributed by atoms with Gasteiger partial charge in [-0.2, -0.15) is 0 Å².